The van der Waals surface area contributed by atoms with Gasteiger partial charge >= 0.3 is 0 Å². The van der Waals surface area contributed by atoms with E-state index in [1.807, 2.05) is 6.92 Å². The first kappa shape index (κ1) is 14.0. The van der Waals surface area contributed by atoms with Gasteiger partial charge in [0.05, 0.1) is 13.2 Å². The van der Waals surface area contributed by atoms with Crippen LogP contribution in [-0.4, -0.2) is 67.6 Å². The topological polar surface area (TPSA) is 32.8 Å². The van der Waals surface area contributed by atoms with Crippen LogP contribution in [0.2, 0.25) is 0 Å². The van der Waals surface area contributed by atoms with Crippen LogP contribution in [0.4, 0.5) is 0 Å². The minimum atomic E-state index is 0.402. The van der Waals surface area contributed by atoms with Gasteiger partial charge in [0, 0.05) is 38.5 Å². The Morgan fingerprint density at radius 3 is 2.78 bits per heavy atom. The van der Waals surface area contributed by atoms with Gasteiger partial charge in [0.25, 0.3) is 0 Å². The predicted octanol–water partition coefficient (Wildman–Crippen LogP) is 1.15. The normalized spacial score (nSPS) is 26.6. The molecule has 104 valence electrons. The van der Waals surface area contributed by atoms with Gasteiger partial charge in [-0.1, -0.05) is 6.92 Å². The highest BCUT2D eigenvalue weighted by atomic mass is 16.5. The minimum absolute atomic E-state index is 0.402. The molecule has 4 nitrogen and oxygen atoms in total. The fraction of sp³-hybridized carbons (Fsp3) is 0.929. The molecule has 0 bridgehead atoms. The van der Waals surface area contributed by atoms with E-state index in [4.69, 9.17) is 4.74 Å². The van der Waals surface area contributed by atoms with E-state index >= 15 is 0 Å². The molecule has 18 heavy (non-hydrogen) atoms. The third kappa shape index (κ3) is 4.04. The quantitative estimate of drug-likeness (QED) is 0.712. The Balaban J connectivity index is 1.63. The maximum absolute atomic E-state index is 11.3. The molecule has 0 radical (unpaired) electrons. The molecule has 0 aromatic rings. The predicted molar refractivity (Wildman–Crippen MR) is 71.8 cm³/mol. The number of carbonyl (C=O) groups is 1. The van der Waals surface area contributed by atoms with Gasteiger partial charge < -0.3 is 9.64 Å². The number of ether oxygens (including phenoxy) is 1. The van der Waals surface area contributed by atoms with Crippen molar-refractivity contribution in [2.24, 2.45) is 0 Å². The number of carbonyl (C=O) groups excluding carboxylic acids is 1. The number of rotatable bonds is 6. The van der Waals surface area contributed by atoms with Gasteiger partial charge in [-0.2, -0.15) is 0 Å². The van der Waals surface area contributed by atoms with E-state index in [0.717, 1.165) is 51.7 Å². The first-order valence-electron chi connectivity index (χ1n) is 7.35. The van der Waals surface area contributed by atoms with E-state index in [-0.39, 0.29) is 0 Å². The van der Waals surface area contributed by atoms with Gasteiger partial charge in [0.15, 0.2) is 0 Å². The molecule has 0 saturated carbocycles. The summed E-state index contributed by atoms with van der Waals surface area (Å²) < 4.78 is 5.40. The Morgan fingerprint density at radius 2 is 2.06 bits per heavy atom. The van der Waals surface area contributed by atoms with Crippen molar-refractivity contribution in [1.82, 2.24) is 9.80 Å². The first-order chi connectivity index (χ1) is 8.79. The summed E-state index contributed by atoms with van der Waals surface area (Å²) in [4.78, 5) is 16.3. The summed E-state index contributed by atoms with van der Waals surface area (Å²) in [6.07, 6.45) is 3.76. The molecule has 2 rings (SSSR count). The summed E-state index contributed by atoms with van der Waals surface area (Å²) in [5.41, 5.74) is 0. The molecule has 0 N–H and O–H groups in total. The number of likely N-dealkylation sites (tertiary alicyclic amines) is 1. The maximum Gasteiger partial charge on any atom is 0.132 e. The maximum atomic E-state index is 11.3. The van der Waals surface area contributed by atoms with Crippen LogP contribution in [0.25, 0.3) is 0 Å². The summed E-state index contributed by atoms with van der Waals surface area (Å²) >= 11 is 0. The van der Waals surface area contributed by atoms with E-state index in [0.29, 0.717) is 12.2 Å². The van der Waals surface area contributed by atoms with Crippen molar-refractivity contribution in [3.8, 4) is 0 Å². The van der Waals surface area contributed by atoms with Crippen LogP contribution < -0.4 is 0 Å². The van der Waals surface area contributed by atoms with E-state index in [1.165, 1.54) is 19.5 Å². The van der Waals surface area contributed by atoms with Crippen molar-refractivity contribution in [1.29, 1.82) is 0 Å². The largest absolute Gasteiger partial charge is 0.379 e. The number of hydrogen-bond donors (Lipinski definition) is 0. The van der Waals surface area contributed by atoms with Crippen molar-refractivity contribution in [3.05, 3.63) is 0 Å². The second-order valence-corrected chi connectivity index (χ2v) is 5.39. The van der Waals surface area contributed by atoms with Crippen LogP contribution in [0.15, 0.2) is 0 Å². The number of nitrogens with zero attached hydrogens (tertiary/aromatic N) is 2. The van der Waals surface area contributed by atoms with E-state index in [1.54, 1.807) is 0 Å². The van der Waals surface area contributed by atoms with Crippen molar-refractivity contribution < 1.29 is 9.53 Å². The molecule has 1 unspecified atom stereocenters. The second kappa shape index (κ2) is 7.22. The van der Waals surface area contributed by atoms with E-state index < -0.39 is 0 Å². The van der Waals surface area contributed by atoms with E-state index in [9.17, 15) is 4.79 Å². The molecule has 0 aromatic carbocycles. The highest BCUT2D eigenvalue weighted by molar-refractivity contribution is 5.77. The number of morpholine rings is 1. The van der Waals surface area contributed by atoms with Gasteiger partial charge in [0.1, 0.15) is 5.78 Å². The Hall–Kier alpha value is -0.450. The Labute approximate surface area is 110 Å². The van der Waals surface area contributed by atoms with Crippen LogP contribution in [0.1, 0.15) is 32.6 Å². The lowest BCUT2D eigenvalue weighted by Gasteiger charge is -2.32. The average molecular weight is 254 g/mol. The lowest BCUT2D eigenvalue weighted by atomic mass is 10.2. The van der Waals surface area contributed by atoms with Crippen LogP contribution >= 0.6 is 0 Å². The standard InChI is InChI=1S/C14H26N2O2/c1-2-14(17)4-3-6-15-7-5-13(12-15)16-8-10-18-11-9-16/h13H,2-12H2,1H3. The molecule has 0 aliphatic carbocycles. The summed E-state index contributed by atoms with van der Waals surface area (Å²) in [5.74, 6) is 0.402. The van der Waals surface area contributed by atoms with Crippen LogP contribution in [-0.2, 0) is 9.53 Å². The number of hydrogen-bond acceptors (Lipinski definition) is 4. The zero-order valence-electron chi connectivity index (χ0n) is 11.6. The second-order valence-electron chi connectivity index (χ2n) is 5.39. The van der Waals surface area contributed by atoms with Crippen molar-refractivity contribution >= 4 is 5.78 Å². The molecule has 2 heterocycles. The fourth-order valence-corrected chi connectivity index (χ4v) is 2.93. The molecule has 2 fully saturated rings. The number of ketones is 1. The van der Waals surface area contributed by atoms with E-state index in [2.05, 4.69) is 9.80 Å². The van der Waals surface area contributed by atoms with Crippen molar-refractivity contribution in [2.75, 3.05) is 45.9 Å². The highest BCUT2D eigenvalue weighted by Crippen LogP contribution is 2.17. The van der Waals surface area contributed by atoms with Crippen molar-refractivity contribution in [3.63, 3.8) is 0 Å². The van der Waals surface area contributed by atoms with Gasteiger partial charge in [-0.05, 0) is 25.9 Å². The van der Waals surface area contributed by atoms with Crippen LogP contribution in [0, 0.1) is 0 Å². The molecule has 2 aliphatic heterocycles. The third-order valence-electron chi connectivity index (χ3n) is 4.13. The molecule has 0 spiro atoms. The van der Waals surface area contributed by atoms with Crippen LogP contribution in [0.3, 0.4) is 0 Å². The van der Waals surface area contributed by atoms with Crippen LogP contribution in [0.5, 0.6) is 0 Å². The monoisotopic (exact) mass is 254 g/mol. The minimum Gasteiger partial charge on any atom is -0.379 e. The number of Topliss-reactive ketones (excluding diaryl/α,β-unsaturated/α-hetero) is 1. The average Bonchev–Trinajstić information content (AvgIpc) is 2.88. The molecule has 0 amide bonds. The SMILES string of the molecule is CCC(=O)CCCN1CCC(N2CCOCC2)C1. The molecular weight excluding hydrogens is 228 g/mol. The zero-order valence-corrected chi connectivity index (χ0v) is 11.6. The summed E-state index contributed by atoms with van der Waals surface area (Å²) in [5, 5.41) is 0. The molecular formula is C14H26N2O2. The summed E-state index contributed by atoms with van der Waals surface area (Å²) in [7, 11) is 0. The lowest BCUT2D eigenvalue weighted by Crippen LogP contribution is -2.44. The van der Waals surface area contributed by atoms with Crippen molar-refractivity contribution in [2.45, 2.75) is 38.6 Å². The van der Waals surface area contributed by atoms with Gasteiger partial charge in [-0.15, -0.1) is 0 Å². The summed E-state index contributed by atoms with van der Waals surface area (Å²) in [6, 6.07) is 0.718. The Kier molecular flexibility index (Phi) is 5.60. The van der Waals surface area contributed by atoms with Gasteiger partial charge in [-0.25, -0.2) is 0 Å². The molecule has 2 saturated heterocycles. The van der Waals surface area contributed by atoms with Gasteiger partial charge in [0.2, 0.25) is 0 Å². The summed E-state index contributed by atoms with van der Waals surface area (Å²) in [6.45, 7) is 9.38. The molecule has 2 aliphatic rings. The third-order valence-corrected chi connectivity index (χ3v) is 4.13. The zero-order chi connectivity index (χ0) is 12.8. The Morgan fingerprint density at radius 1 is 1.28 bits per heavy atom. The molecule has 1 atom stereocenters. The highest BCUT2D eigenvalue weighted by Gasteiger charge is 2.28. The first-order valence-corrected chi connectivity index (χ1v) is 7.35. The Bertz CT molecular complexity index is 265. The molecule has 4 heteroatoms. The lowest BCUT2D eigenvalue weighted by molar-refractivity contribution is -0.118. The smallest absolute Gasteiger partial charge is 0.132 e. The fourth-order valence-electron chi connectivity index (χ4n) is 2.93. The molecule has 0 aromatic heterocycles. The van der Waals surface area contributed by atoms with Gasteiger partial charge in [-0.3, -0.25) is 9.69 Å².